The Balaban J connectivity index is 0.00000289. The van der Waals surface area contributed by atoms with Crippen LogP contribution in [0.4, 0.5) is 5.69 Å². The van der Waals surface area contributed by atoms with Gasteiger partial charge in [0, 0.05) is 18.2 Å². The van der Waals surface area contributed by atoms with Gasteiger partial charge in [0.2, 0.25) is 5.91 Å². The van der Waals surface area contributed by atoms with E-state index in [1.54, 1.807) is 0 Å². The molecule has 1 amide bonds. The molecule has 0 aliphatic heterocycles. The van der Waals surface area contributed by atoms with E-state index in [1.807, 2.05) is 31.2 Å². The quantitative estimate of drug-likeness (QED) is 0.809. The average molecular weight is 271 g/mol. The summed E-state index contributed by atoms with van der Waals surface area (Å²) >= 11 is 0. The number of nitrogens with two attached hydrogens (primary N) is 1. The molecule has 3 nitrogen and oxygen atoms in total. The zero-order valence-electron chi connectivity index (χ0n) is 11.3. The van der Waals surface area contributed by atoms with Crippen molar-refractivity contribution < 1.29 is 4.79 Å². The van der Waals surface area contributed by atoms with Crippen LogP contribution in [0.2, 0.25) is 0 Å². The van der Waals surface area contributed by atoms with Gasteiger partial charge >= 0.3 is 0 Å². The van der Waals surface area contributed by atoms with Crippen LogP contribution in [0, 0.1) is 5.92 Å². The molecule has 0 aliphatic carbocycles. The first kappa shape index (κ1) is 16.8. The smallest absolute Gasteiger partial charge is 0.220 e. The topological polar surface area (TPSA) is 55.1 Å². The van der Waals surface area contributed by atoms with Crippen LogP contribution in [0.5, 0.6) is 0 Å². The first-order valence-corrected chi connectivity index (χ1v) is 6.13. The lowest BCUT2D eigenvalue weighted by atomic mass is 10.0. The van der Waals surface area contributed by atoms with Gasteiger partial charge in [-0.1, -0.05) is 32.0 Å². The monoisotopic (exact) mass is 270 g/mol. The predicted octanol–water partition coefficient (Wildman–Crippen LogP) is 2.78. The molecule has 1 rings (SSSR count). The predicted molar refractivity (Wildman–Crippen MR) is 78.9 cm³/mol. The summed E-state index contributed by atoms with van der Waals surface area (Å²) in [5.41, 5.74) is 7.63. The first-order chi connectivity index (χ1) is 8.00. The van der Waals surface area contributed by atoms with Gasteiger partial charge in [0.05, 0.1) is 0 Å². The molecule has 0 radical (unpaired) electrons. The Hall–Kier alpha value is -1.22. The summed E-state index contributed by atoms with van der Waals surface area (Å²) in [4.78, 5) is 11.7. The van der Waals surface area contributed by atoms with Gasteiger partial charge in [-0.15, -0.1) is 12.4 Å². The van der Waals surface area contributed by atoms with E-state index in [0.29, 0.717) is 18.8 Å². The number of nitrogens with one attached hydrogen (secondary N) is 1. The van der Waals surface area contributed by atoms with E-state index in [2.05, 4.69) is 19.2 Å². The molecule has 0 spiro atoms. The molecule has 0 aliphatic rings. The highest BCUT2D eigenvalue weighted by Crippen LogP contribution is 2.12. The van der Waals surface area contributed by atoms with E-state index < -0.39 is 0 Å². The highest BCUT2D eigenvalue weighted by molar-refractivity contribution is 5.85. The SMILES string of the molecule is CC(C)C(C)NC(=O)CCc1ccccc1N.Cl. The second-order valence-corrected chi connectivity index (χ2v) is 4.80. The number of hydrogen-bond acceptors (Lipinski definition) is 2. The lowest BCUT2D eigenvalue weighted by Gasteiger charge is -2.17. The molecular formula is C14H23ClN2O. The number of para-hydroxylation sites is 1. The van der Waals surface area contributed by atoms with Crippen molar-refractivity contribution in [3.8, 4) is 0 Å². The Bertz CT molecular complexity index is 380. The van der Waals surface area contributed by atoms with Gasteiger partial charge in [0.15, 0.2) is 0 Å². The van der Waals surface area contributed by atoms with E-state index in [9.17, 15) is 4.79 Å². The maximum atomic E-state index is 11.7. The van der Waals surface area contributed by atoms with Crippen molar-refractivity contribution in [1.82, 2.24) is 5.32 Å². The van der Waals surface area contributed by atoms with Crippen LogP contribution in [-0.4, -0.2) is 11.9 Å². The van der Waals surface area contributed by atoms with Crippen LogP contribution in [-0.2, 0) is 11.2 Å². The molecule has 1 unspecified atom stereocenters. The summed E-state index contributed by atoms with van der Waals surface area (Å²) in [7, 11) is 0. The molecule has 1 aromatic rings. The lowest BCUT2D eigenvalue weighted by molar-refractivity contribution is -0.121. The van der Waals surface area contributed by atoms with Gasteiger partial charge in [0.25, 0.3) is 0 Å². The Morgan fingerprint density at radius 1 is 1.28 bits per heavy atom. The third-order valence-electron chi connectivity index (χ3n) is 3.07. The Labute approximate surface area is 116 Å². The third-order valence-corrected chi connectivity index (χ3v) is 3.07. The minimum atomic E-state index is 0. The molecule has 3 N–H and O–H groups in total. The number of aryl methyl sites for hydroxylation is 1. The number of carbonyl (C=O) groups excluding carboxylic acids is 1. The summed E-state index contributed by atoms with van der Waals surface area (Å²) in [5.74, 6) is 0.551. The Kier molecular flexibility index (Phi) is 7.44. The molecule has 18 heavy (non-hydrogen) atoms. The number of rotatable bonds is 5. The second-order valence-electron chi connectivity index (χ2n) is 4.80. The number of hydrogen-bond donors (Lipinski definition) is 2. The van der Waals surface area contributed by atoms with Crippen LogP contribution in [0.15, 0.2) is 24.3 Å². The van der Waals surface area contributed by atoms with Crippen molar-refractivity contribution in [1.29, 1.82) is 0 Å². The minimum Gasteiger partial charge on any atom is -0.399 e. The molecule has 0 bridgehead atoms. The number of anilines is 1. The zero-order chi connectivity index (χ0) is 12.8. The minimum absolute atomic E-state index is 0. The highest BCUT2D eigenvalue weighted by atomic mass is 35.5. The van der Waals surface area contributed by atoms with Gasteiger partial charge < -0.3 is 11.1 Å². The van der Waals surface area contributed by atoms with Crippen LogP contribution >= 0.6 is 12.4 Å². The van der Waals surface area contributed by atoms with Crippen molar-refractivity contribution in [2.24, 2.45) is 5.92 Å². The standard InChI is InChI=1S/C14H22N2O.ClH/c1-10(2)11(3)16-14(17)9-8-12-6-4-5-7-13(12)15;/h4-7,10-11H,8-9,15H2,1-3H3,(H,16,17);1H. The van der Waals surface area contributed by atoms with Crippen molar-refractivity contribution in [2.75, 3.05) is 5.73 Å². The Morgan fingerprint density at radius 2 is 1.89 bits per heavy atom. The van der Waals surface area contributed by atoms with Crippen LogP contribution < -0.4 is 11.1 Å². The number of carbonyl (C=O) groups is 1. The van der Waals surface area contributed by atoms with E-state index in [-0.39, 0.29) is 24.4 Å². The van der Waals surface area contributed by atoms with Gasteiger partial charge in [0.1, 0.15) is 0 Å². The molecule has 102 valence electrons. The summed E-state index contributed by atoms with van der Waals surface area (Å²) in [6.07, 6.45) is 1.19. The van der Waals surface area contributed by atoms with Crippen molar-refractivity contribution >= 4 is 24.0 Å². The molecule has 1 atom stereocenters. The second kappa shape index (κ2) is 7.98. The third kappa shape index (κ3) is 5.41. The van der Waals surface area contributed by atoms with Crippen molar-refractivity contribution in [3.05, 3.63) is 29.8 Å². The summed E-state index contributed by atoms with van der Waals surface area (Å²) < 4.78 is 0. The summed E-state index contributed by atoms with van der Waals surface area (Å²) in [5, 5.41) is 2.99. The molecule has 0 fully saturated rings. The zero-order valence-corrected chi connectivity index (χ0v) is 12.1. The fourth-order valence-electron chi connectivity index (χ4n) is 1.50. The van der Waals surface area contributed by atoms with Crippen LogP contribution in [0.1, 0.15) is 32.8 Å². The van der Waals surface area contributed by atoms with Crippen LogP contribution in [0.3, 0.4) is 0 Å². The highest BCUT2D eigenvalue weighted by Gasteiger charge is 2.10. The van der Waals surface area contributed by atoms with Gasteiger partial charge in [-0.05, 0) is 30.9 Å². The van der Waals surface area contributed by atoms with Gasteiger partial charge in [-0.2, -0.15) is 0 Å². The number of halogens is 1. The average Bonchev–Trinajstić information content (AvgIpc) is 2.27. The molecule has 0 saturated carbocycles. The largest absolute Gasteiger partial charge is 0.399 e. The molecular weight excluding hydrogens is 248 g/mol. The van der Waals surface area contributed by atoms with Crippen molar-refractivity contribution in [3.63, 3.8) is 0 Å². The normalized spacial score (nSPS) is 11.8. The van der Waals surface area contributed by atoms with Crippen LogP contribution in [0.25, 0.3) is 0 Å². The number of benzene rings is 1. The lowest BCUT2D eigenvalue weighted by Crippen LogP contribution is -2.36. The maximum Gasteiger partial charge on any atom is 0.220 e. The van der Waals surface area contributed by atoms with E-state index in [1.165, 1.54) is 0 Å². The van der Waals surface area contributed by atoms with Gasteiger partial charge in [-0.3, -0.25) is 4.79 Å². The number of nitrogen functional groups attached to an aromatic ring is 1. The van der Waals surface area contributed by atoms with Crippen molar-refractivity contribution in [2.45, 2.75) is 39.7 Å². The molecule has 4 heteroatoms. The fraction of sp³-hybridized carbons (Fsp3) is 0.500. The molecule has 0 saturated heterocycles. The van der Waals surface area contributed by atoms with Gasteiger partial charge in [-0.25, -0.2) is 0 Å². The molecule has 0 heterocycles. The fourth-order valence-corrected chi connectivity index (χ4v) is 1.50. The summed E-state index contributed by atoms with van der Waals surface area (Å²) in [6.45, 7) is 6.22. The van der Waals surface area contributed by atoms with E-state index in [4.69, 9.17) is 5.73 Å². The molecule has 1 aromatic carbocycles. The molecule has 0 aromatic heterocycles. The maximum absolute atomic E-state index is 11.7. The summed E-state index contributed by atoms with van der Waals surface area (Å²) in [6, 6.07) is 7.90. The number of amides is 1. The Morgan fingerprint density at radius 3 is 2.44 bits per heavy atom. The van der Waals surface area contributed by atoms with E-state index in [0.717, 1.165) is 11.3 Å². The van der Waals surface area contributed by atoms with E-state index >= 15 is 0 Å². The first-order valence-electron chi connectivity index (χ1n) is 6.13.